The van der Waals surface area contributed by atoms with Crippen molar-refractivity contribution in [3.63, 3.8) is 0 Å². The van der Waals surface area contributed by atoms with Crippen molar-refractivity contribution < 1.29 is 44.1 Å². The molecule has 1 aliphatic rings. The first-order valence-electron chi connectivity index (χ1n) is 10.3. The fourth-order valence-electron chi connectivity index (χ4n) is 3.41. The Hall–Kier alpha value is -3.38. The SMILES string of the molecule is NC(=O)C1CCC(CNC(=O)CCC(NC(=O)NC(CCC(=O)O)C(=O)O)C(=O)O)CC1. The maximum Gasteiger partial charge on any atom is 0.326 e. The van der Waals surface area contributed by atoms with E-state index < -0.39 is 48.4 Å². The fourth-order valence-corrected chi connectivity index (χ4v) is 3.41. The summed E-state index contributed by atoms with van der Waals surface area (Å²) < 4.78 is 0. The van der Waals surface area contributed by atoms with E-state index in [0.717, 1.165) is 12.8 Å². The lowest BCUT2D eigenvalue weighted by Gasteiger charge is -2.26. The molecule has 1 fully saturated rings. The van der Waals surface area contributed by atoms with E-state index in [0.29, 0.717) is 19.4 Å². The molecule has 13 nitrogen and oxygen atoms in total. The Morgan fingerprint density at radius 1 is 0.812 bits per heavy atom. The number of aliphatic carboxylic acids is 3. The number of primary amides is 1. The Morgan fingerprint density at radius 2 is 1.31 bits per heavy atom. The van der Waals surface area contributed by atoms with Crippen molar-refractivity contribution in [1.82, 2.24) is 16.0 Å². The lowest BCUT2D eigenvalue weighted by atomic mass is 9.81. The van der Waals surface area contributed by atoms with E-state index in [1.165, 1.54) is 0 Å². The van der Waals surface area contributed by atoms with Gasteiger partial charge in [-0.15, -0.1) is 0 Å². The van der Waals surface area contributed by atoms with Gasteiger partial charge in [-0.05, 0) is 44.4 Å². The Kier molecular flexibility index (Phi) is 10.9. The van der Waals surface area contributed by atoms with E-state index in [1.807, 2.05) is 5.32 Å². The molecule has 0 heterocycles. The van der Waals surface area contributed by atoms with Crippen LogP contribution in [0.4, 0.5) is 4.79 Å². The molecular weight excluding hydrogens is 428 g/mol. The average molecular weight is 458 g/mol. The Morgan fingerprint density at radius 3 is 1.75 bits per heavy atom. The van der Waals surface area contributed by atoms with Crippen LogP contribution in [-0.4, -0.2) is 69.7 Å². The van der Waals surface area contributed by atoms with Crippen molar-refractivity contribution in [3.8, 4) is 0 Å². The summed E-state index contributed by atoms with van der Waals surface area (Å²) in [5.74, 6) is -4.77. The summed E-state index contributed by atoms with van der Waals surface area (Å²) in [6.07, 6.45) is 1.55. The first-order valence-corrected chi connectivity index (χ1v) is 10.3. The van der Waals surface area contributed by atoms with Gasteiger partial charge < -0.3 is 37.0 Å². The normalized spacial score (nSPS) is 19.8. The maximum atomic E-state index is 12.0. The van der Waals surface area contributed by atoms with Crippen LogP contribution in [0.5, 0.6) is 0 Å². The van der Waals surface area contributed by atoms with Gasteiger partial charge in [-0.2, -0.15) is 0 Å². The van der Waals surface area contributed by atoms with Crippen LogP contribution in [-0.2, 0) is 24.0 Å². The molecular formula is C19H30N4O9. The van der Waals surface area contributed by atoms with Gasteiger partial charge in [0.15, 0.2) is 0 Å². The molecule has 0 aromatic heterocycles. The van der Waals surface area contributed by atoms with Gasteiger partial charge >= 0.3 is 23.9 Å². The quantitative estimate of drug-likeness (QED) is 0.184. The maximum absolute atomic E-state index is 12.0. The number of nitrogens with one attached hydrogen (secondary N) is 3. The molecule has 0 aromatic carbocycles. The van der Waals surface area contributed by atoms with Gasteiger partial charge in [0.25, 0.3) is 0 Å². The second kappa shape index (κ2) is 13.1. The van der Waals surface area contributed by atoms with Gasteiger partial charge in [0.2, 0.25) is 11.8 Å². The van der Waals surface area contributed by atoms with E-state index >= 15 is 0 Å². The molecule has 4 amide bonds. The number of nitrogens with two attached hydrogens (primary N) is 1. The van der Waals surface area contributed by atoms with Crippen LogP contribution in [0.2, 0.25) is 0 Å². The van der Waals surface area contributed by atoms with Crippen LogP contribution in [0.25, 0.3) is 0 Å². The predicted octanol–water partition coefficient (Wildman–Crippen LogP) is -0.755. The van der Waals surface area contributed by atoms with Crippen LogP contribution < -0.4 is 21.7 Å². The molecule has 180 valence electrons. The van der Waals surface area contributed by atoms with Crippen LogP contribution in [0, 0.1) is 11.8 Å². The fraction of sp³-hybridized carbons (Fsp3) is 0.684. The molecule has 32 heavy (non-hydrogen) atoms. The zero-order valence-corrected chi connectivity index (χ0v) is 17.5. The first kappa shape index (κ1) is 26.7. The van der Waals surface area contributed by atoms with Gasteiger partial charge in [-0.3, -0.25) is 14.4 Å². The summed E-state index contributed by atoms with van der Waals surface area (Å²) in [6, 6.07) is -4.05. The molecule has 1 aliphatic carbocycles. The number of rotatable bonds is 13. The molecule has 0 aromatic rings. The lowest BCUT2D eigenvalue weighted by molar-refractivity contribution is -0.141. The molecule has 0 aliphatic heterocycles. The van der Waals surface area contributed by atoms with Crippen LogP contribution >= 0.6 is 0 Å². The minimum Gasteiger partial charge on any atom is -0.481 e. The molecule has 0 bridgehead atoms. The zero-order valence-electron chi connectivity index (χ0n) is 17.5. The molecule has 2 unspecified atom stereocenters. The van der Waals surface area contributed by atoms with Crippen LogP contribution in [0.15, 0.2) is 0 Å². The summed E-state index contributed by atoms with van der Waals surface area (Å²) in [5, 5.41) is 33.7. The topological polar surface area (TPSA) is 225 Å². The average Bonchev–Trinajstić information content (AvgIpc) is 2.72. The number of urea groups is 1. The van der Waals surface area contributed by atoms with Gasteiger partial charge in [0, 0.05) is 25.3 Å². The number of carbonyl (C=O) groups is 6. The van der Waals surface area contributed by atoms with E-state index in [1.54, 1.807) is 0 Å². The third kappa shape index (κ3) is 10.1. The number of carbonyl (C=O) groups excluding carboxylic acids is 3. The molecule has 2 atom stereocenters. The first-order chi connectivity index (χ1) is 15.0. The number of carboxylic acid groups (broad SMARTS) is 3. The van der Waals surface area contributed by atoms with Crippen molar-refractivity contribution in [2.45, 2.75) is 63.5 Å². The Labute approximate surface area is 184 Å². The highest BCUT2D eigenvalue weighted by Crippen LogP contribution is 2.28. The molecule has 0 saturated heterocycles. The smallest absolute Gasteiger partial charge is 0.326 e. The van der Waals surface area contributed by atoms with E-state index in [-0.39, 0.29) is 37.0 Å². The van der Waals surface area contributed by atoms with Gasteiger partial charge in [-0.1, -0.05) is 0 Å². The zero-order chi connectivity index (χ0) is 24.3. The van der Waals surface area contributed by atoms with E-state index in [4.69, 9.17) is 15.9 Å². The molecule has 13 heteroatoms. The predicted molar refractivity (Wildman–Crippen MR) is 108 cm³/mol. The Bertz CT molecular complexity index is 720. The number of hydrogen-bond acceptors (Lipinski definition) is 6. The highest BCUT2D eigenvalue weighted by atomic mass is 16.4. The summed E-state index contributed by atoms with van der Waals surface area (Å²) in [4.78, 5) is 68.2. The molecule has 0 spiro atoms. The van der Waals surface area contributed by atoms with E-state index in [2.05, 4.69) is 10.6 Å². The second-order valence-electron chi connectivity index (χ2n) is 7.79. The highest BCUT2D eigenvalue weighted by Gasteiger charge is 2.27. The van der Waals surface area contributed by atoms with Crippen LogP contribution in [0.3, 0.4) is 0 Å². The van der Waals surface area contributed by atoms with Gasteiger partial charge in [-0.25, -0.2) is 14.4 Å². The third-order valence-electron chi connectivity index (χ3n) is 5.35. The van der Waals surface area contributed by atoms with Gasteiger partial charge in [0.05, 0.1) is 0 Å². The Balaban J connectivity index is 2.42. The molecule has 8 N–H and O–H groups in total. The number of hydrogen-bond donors (Lipinski definition) is 7. The summed E-state index contributed by atoms with van der Waals surface area (Å²) in [7, 11) is 0. The minimum atomic E-state index is -1.51. The van der Waals surface area contributed by atoms with Gasteiger partial charge in [0.1, 0.15) is 12.1 Å². The number of carboxylic acids is 3. The molecule has 0 radical (unpaired) electrons. The largest absolute Gasteiger partial charge is 0.481 e. The lowest BCUT2D eigenvalue weighted by Crippen LogP contribution is -2.51. The minimum absolute atomic E-state index is 0.139. The van der Waals surface area contributed by atoms with Crippen molar-refractivity contribution in [1.29, 1.82) is 0 Å². The summed E-state index contributed by atoms with van der Waals surface area (Å²) >= 11 is 0. The van der Waals surface area contributed by atoms with E-state index in [9.17, 15) is 33.9 Å². The van der Waals surface area contributed by atoms with Crippen molar-refractivity contribution in [2.75, 3.05) is 6.54 Å². The highest BCUT2D eigenvalue weighted by molar-refractivity contribution is 5.86. The molecule has 1 rings (SSSR count). The number of amides is 4. The monoisotopic (exact) mass is 458 g/mol. The van der Waals surface area contributed by atoms with Crippen LogP contribution in [0.1, 0.15) is 51.4 Å². The van der Waals surface area contributed by atoms with Crippen molar-refractivity contribution in [2.24, 2.45) is 17.6 Å². The van der Waals surface area contributed by atoms with Crippen molar-refractivity contribution >= 4 is 35.8 Å². The standard InChI is InChI=1S/C19H30N4O9/c20-16(27)11-3-1-10(2-4-11)9-21-14(24)7-5-12(17(28)29)22-19(32)23-13(18(30)31)6-8-15(25)26/h10-13H,1-9H2,(H2,20,27)(H,21,24)(H,25,26)(H,28,29)(H,30,31)(H2,22,23,32). The third-order valence-corrected chi connectivity index (χ3v) is 5.35. The van der Waals surface area contributed by atoms with Crippen molar-refractivity contribution in [3.05, 3.63) is 0 Å². The summed E-state index contributed by atoms with van der Waals surface area (Å²) in [5.41, 5.74) is 5.29. The second-order valence-corrected chi connectivity index (χ2v) is 7.79. The summed E-state index contributed by atoms with van der Waals surface area (Å²) in [6.45, 7) is 0.389. The molecule has 1 saturated carbocycles.